The molecule has 0 radical (unpaired) electrons. The third-order valence-electron chi connectivity index (χ3n) is 2.91. The zero-order valence-corrected chi connectivity index (χ0v) is 13.2. The molecule has 0 saturated carbocycles. The van der Waals surface area contributed by atoms with Crippen molar-refractivity contribution in [3.05, 3.63) is 54.1 Å². The summed E-state index contributed by atoms with van der Waals surface area (Å²) in [6, 6.07) is 9.34. The van der Waals surface area contributed by atoms with Crippen molar-refractivity contribution in [1.82, 2.24) is 19.7 Å². The molecule has 0 aliphatic heterocycles. The number of pyridine rings is 1. The first-order chi connectivity index (χ1) is 10.9. The molecule has 0 fully saturated rings. The van der Waals surface area contributed by atoms with Crippen LogP contribution in [0.5, 0.6) is 0 Å². The molecule has 2 aromatic heterocycles. The maximum absolute atomic E-state index is 11.2. The number of hydrogen-bond acceptors (Lipinski definition) is 6. The van der Waals surface area contributed by atoms with E-state index in [0.29, 0.717) is 16.8 Å². The average molecular weight is 351 g/mol. The van der Waals surface area contributed by atoms with Gasteiger partial charge in [0.1, 0.15) is 11.5 Å². The number of sulfonamides is 1. The van der Waals surface area contributed by atoms with Crippen LogP contribution in [-0.2, 0) is 10.0 Å². The normalized spacial score (nSPS) is 11.4. The smallest absolute Gasteiger partial charge is 0.246 e. The van der Waals surface area contributed by atoms with Crippen LogP contribution < -0.4 is 10.5 Å². The van der Waals surface area contributed by atoms with Crippen molar-refractivity contribution in [2.45, 2.75) is 4.90 Å². The molecular weight excluding hydrogens is 340 g/mol. The molecule has 118 valence electrons. The van der Waals surface area contributed by atoms with Gasteiger partial charge in [-0.05, 0) is 30.3 Å². The number of halogens is 1. The fourth-order valence-electron chi connectivity index (χ4n) is 1.84. The standard InChI is InChI=1S/C13H11ClN6O2S/c14-12-7-10(5-6-16-12)20-8-17-13(19-20)18-9-1-3-11(4-2-9)23(15,21)22/h1-8H,(H,18,19)(H2,15,21,22). The molecule has 0 saturated heterocycles. The summed E-state index contributed by atoms with van der Waals surface area (Å²) < 4.78 is 23.9. The molecule has 3 N–H and O–H groups in total. The van der Waals surface area contributed by atoms with E-state index in [0.717, 1.165) is 5.69 Å². The van der Waals surface area contributed by atoms with Gasteiger partial charge in [0.05, 0.1) is 10.6 Å². The third kappa shape index (κ3) is 3.65. The minimum Gasteiger partial charge on any atom is -0.323 e. The fraction of sp³-hybridized carbons (Fsp3) is 0. The number of nitrogens with zero attached hydrogens (tertiary/aromatic N) is 4. The zero-order valence-electron chi connectivity index (χ0n) is 11.6. The van der Waals surface area contributed by atoms with Crippen LogP contribution in [0.2, 0.25) is 5.15 Å². The Morgan fingerprint density at radius 1 is 1.13 bits per heavy atom. The van der Waals surface area contributed by atoms with E-state index in [1.807, 2.05) is 0 Å². The van der Waals surface area contributed by atoms with Gasteiger partial charge in [0.15, 0.2) is 0 Å². The number of benzene rings is 1. The van der Waals surface area contributed by atoms with Gasteiger partial charge >= 0.3 is 0 Å². The largest absolute Gasteiger partial charge is 0.323 e. The van der Waals surface area contributed by atoms with Gasteiger partial charge in [-0.25, -0.2) is 23.2 Å². The molecule has 3 aromatic rings. The lowest BCUT2D eigenvalue weighted by molar-refractivity contribution is 0.598. The first kappa shape index (κ1) is 15.4. The van der Waals surface area contributed by atoms with E-state index >= 15 is 0 Å². The highest BCUT2D eigenvalue weighted by Gasteiger charge is 2.08. The van der Waals surface area contributed by atoms with E-state index in [1.54, 1.807) is 30.5 Å². The quantitative estimate of drug-likeness (QED) is 0.692. The lowest BCUT2D eigenvalue weighted by Crippen LogP contribution is -2.11. The molecule has 0 bridgehead atoms. The Labute approximate surface area is 137 Å². The number of anilines is 2. The lowest BCUT2D eigenvalue weighted by Gasteiger charge is -2.03. The summed E-state index contributed by atoms with van der Waals surface area (Å²) >= 11 is 5.84. The molecular formula is C13H11ClN6O2S. The molecule has 0 aliphatic rings. The van der Waals surface area contributed by atoms with Gasteiger partial charge in [0, 0.05) is 18.0 Å². The molecule has 0 aliphatic carbocycles. The van der Waals surface area contributed by atoms with Crippen molar-refractivity contribution in [1.29, 1.82) is 0 Å². The van der Waals surface area contributed by atoms with E-state index in [1.165, 1.54) is 23.1 Å². The van der Waals surface area contributed by atoms with Crippen molar-refractivity contribution in [3.63, 3.8) is 0 Å². The molecule has 0 unspecified atom stereocenters. The minimum atomic E-state index is -3.71. The number of nitrogens with one attached hydrogen (secondary N) is 1. The van der Waals surface area contributed by atoms with E-state index in [9.17, 15) is 8.42 Å². The van der Waals surface area contributed by atoms with Crippen molar-refractivity contribution in [3.8, 4) is 5.69 Å². The van der Waals surface area contributed by atoms with E-state index < -0.39 is 10.0 Å². The van der Waals surface area contributed by atoms with Crippen LogP contribution >= 0.6 is 11.6 Å². The summed E-state index contributed by atoms with van der Waals surface area (Å²) in [4.78, 5) is 8.06. The Balaban J connectivity index is 1.79. The molecule has 0 atom stereocenters. The summed E-state index contributed by atoms with van der Waals surface area (Å²) in [5, 5.41) is 12.6. The zero-order chi connectivity index (χ0) is 16.4. The summed E-state index contributed by atoms with van der Waals surface area (Å²) in [6.45, 7) is 0. The van der Waals surface area contributed by atoms with Gasteiger partial charge in [0.2, 0.25) is 16.0 Å². The van der Waals surface area contributed by atoms with E-state index in [4.69, 9.17) is 16.7 Å². The second kappa shape index (κ2) is 5.95. The first-order valence-electron chi connectivity index (χ1n) is 6.35. The summed E-state index contributed by atoms with van der Waals surface area (Å²) in [5.41, 5.74) is 1.35. The van der Waals surface area contributed by atoms with Gasteiger partial charge in [-0.3, -0.25) is 0 Å². The van der Waals surface area contributed by atoms with Gasteiger partial charge in [-0.15, -0.1) is 5.10 Å². The Bertz CT molecular complexity index is 939. The Hall–Kier alpha value is -2.49. The van der Waals surface area contributed by atoms with Crippen molar-refractivity contribution in [2.75, 3.05) is 5.32 Å². The third-order valence-corrected chi connectivity index (χ3v) is 4.04. The highest BCUT2D eigenvalue weighted by Crippen LogP contribution is 2.17. The van der Waals surface area contributed by atoms with Crippen LogP contribution in [0, 0.1) is 0 Å². The first-order valence-corrected chi connectivity index (χ1v) is 8.28. The summed E-state index contributed by atoms with van der Waals surface area (Å²) in [5.74, 6) is 0.348. The fourth-order valence-corrected chi connectivity index (χ4v) is 2.52. The second-order valence-corrected chi connectivity index (χ2v) is 6.49. The van der Waals surface area contributed by atoms with Gasteiger partial charge in [0.25, 0.3) is 0 Å². The minimum absolute atomic E-state index is 0.0352. The van der Waals surface area contributed by atoms with Gasteiger partial charge in [-0.2, -0.15) is 4.98 Å². The monoisotopic (exact) mass is 350 g/mol. The summed E-state index contributed by atoms with van der Waals surface area (Å²) in [6.07, 6.45) is 3.09. The lowest BCUT2D eigenvalue weighted by atomic mass is 10.3. The molecule has 10 heteroatoms. The van der Waals surface area contributed by atoms with Crippen LogP contribution in [0.1, 0.15) is 0 Å². The number of rotatable bonds is 4. The Morgan fingerprint density at radius 3 is 2.52 bits per heavy atom. The average Bonchev–Trinajstić information content (AvgIpc) is 2.95. The predicted molar refractivity (Wildman–Crippen MR) is 85.3 cm³/mol. The van der Waals surface area contributed by atoms with Crippen molar-refractivity contribution in [2.24, 2.45) is 5.14 Å². The molecule has 2 heterocycles. The van der Waals surface area contributed by atoms with Crippen molar-refractivity contribution >= 4 is 33.3 Å². The maximum atomic E-state index is 11.2. The highest BCUT2D eigenvalue weighted by atomic mass is 35.5. The Kier molecular flexibility index (Phi) is 3.99. The predicted octanol–water partition coefficient (Wildman–Crippen LogP) is 1.71. The molecule has 1 aromatic carbocycles. The highest BCUT2D eigenvalue weighted by molar-refractivity contribution is 7.89. The van der Waals surface area contributed by atoms with E-state index in [2.05, 4.69) is 20.4 Å². The number of nitrogens with two attached hydrogens (primary N) is 1. The van der Waals surface area contributed by atoms with Crippen LogP contribution in [-0.4, -0.2) is 28.2 Å². The molecule has 3 rings (SSSR count). The van der Waals surface area contributed by atoms with Gasteiger partial charge < -0.3 is 5.32 Å². The molecule has 0 amide bonds. The van der Waals surface area contributed by atoms with Crippen molar-refractivity contribution < 1.29 is 8.42 Å². The van der Waals surface area contributed by atoms with Crippen LogP contribution in [0.4, 0.5) is 11.6 Å². The van der Waals surface area contributed by atoms with Crippen LogP contribution in [0.3, 0.4) is 0 Å². The van der Waals surface area contributed by atoms with Crippen LogP contribution in [0.15, 0.2) is 53.8 Å². The SMILES string of the molecule is NS(=O)(=O)c1ccc(Nc2ncn(-c3ccnc(Cl)c3)n2)cc1. The summed E-state index contributed by atoms with van der Waals surface area (Å²) in [7, 11) is -3.71. The molecule has 8 nitrogen and oxygen atoms in total. The van der Waals surface area contributed by atoms with Crippen LogP contribution in [0.25, 0.3) is 5.69 Å². The maximum Gasteiger partial charge on any atom is 0.246 e. The number of aromatic nitrogens is 4. The van der Waals surface area contributed by atoms with E-state index in [-0.39, 0.29) is 4.90 Å². The molecule has 0 spiro atoms. The van der Waals surface area contributed by atoms with Gasteiger partial charge in [-0.1, -0.05) is 11.6 Å². The molecule has 23 heavy (non-hydrogen) atoms. The topological polar surface area (TPSA) is 116 Å². The number of primary sulfonamides is 1. The number of hydrogen-bond donors (Lipinski definition) is 2. The second-order valence-electron chi connectivity index (χ2n) is 4.54. The Morgan fingerprint density at radius 2 is 1.87 bits per heavy atom.